The highest BCUT2D eigenvalue weighted by Crippen LogP contribution is 2.28. The minimum Gasteiger partial charge on any atom is -0.482 e. The fourth-order valence-electron chi connectivity index (χ4n) is 2.57. The van der Waals surface area contributed by atoms with Gasteiger partial charge in [0.1, 0.15) is 5.75 Å². The third-order valence-corrected chi connectivity index (χ3v) is 6.08. The molecule has 0 unspecified atom stereocenters. The lowest BCUT2D eigenvalue weighted by molar-refractivity contribution is -0.123. The quantitative estimate of drug-likeness (QED) is 0.588. The largest absolute Gasteiger partial charge is 0.482 e. The number of nitrogens with one attached hydrogen (secondary N) is 2. The molecule has 0 aliphatic heterocycles. The molecule has 0 aromatic heterocycles. The molecule has 2 rings (SSSR count). The molecule has 8 heteroatoms. The third kappa shape index (κ3) is 7.34. The lowest BCUT2D eigenvalue weighted by atomic mass is 10.1. The summed E-state index contributed by atoms with van der Waals surface area (Å²) in [7, 11) is -3.77. The number of hydrogen-bond acceptors (Lipinski definition) is 4. The number of amides is 1. The minimum atomic E-state index is -3.77. The van der Waals surface area contributed by atoms with E-state index in [1.807, 2.05) is 30.3 Å². The van der Waals surface area contributed by atoms with Crippen LogP contribution in [0, 0.1) is 5.92 Å². The van der Waals surface area contributed by atoms with Gasteiger partial charge in [0.25, 0.3) is 5.91 Å². The topological polar surface area (TPSA) is 84.5 Å². The second-order valence-corrected chi connectivity index (χ2v) is 9.29. The molecule has 2 aromatic rings. The van der Waals surface area contributed by atoms with Gasteiger partial charge < -0.3 is 10.1 Å². The Morgan fingerprint density at radius 1 is 1.10 bits per heavy atom. The van der Waals surface area contributed by atoms with Crippen molar-refractivity contribution in [3.8, 4) is 5.75 Å². The van der Waals surface area contributed by atoms with Gasteiger partial charge in [0.15, 0.2) is 6.61 Å². The van der Waals surface area contributed by atoms with Crippen LogP contribution in [-0.2, 0) is 14.8 Å². The standard InChI is InChI=1S/C21H27ClN2O4S/c1-15(2)11-12-23-21(25)14-28-20-10-9-18(13-19(20)22)29(26,27)24-16(3)17-7-5-4-6-8-17/h4-10,13,15-16,24H,11-12,14H2,1-3H3,(H,23,25)/t16-/m0/s1. The normalized spacial score (nSPS) is 12.6. The van der Waals surface area contributed by atoms with Crippen LogP contribution in [0.5, 0.6) is 5.75 Å². The molecule has 1 atom stereocenters. The molecular formula is C21H27ClN2O4S. The van der Waals surface area contributed by atoms with Gasteiger partial charge in [-0.05, 0) is 43.0 Å². The number of carbonyl (C=O) groups excluding carboxylic acids is 1. The van der Waals surface area contributed by atoms with E-state index in [0.29, 0.717) is 12.5 Å². The number of sulfonamides is 1. The molecule has 0 fully saturated rings. The first-order valence-electron chi connectivity index (χ1n) is 9.45. The van der Waals surface area contributed by atoms with Crippen LogP contribution in [0.2, 0.25) is 5.02 Å². The zero-order valence-electron chi connectivity index (χ0n) is 16.8. The Hall–Kier alpha value is -2.09. The van der Waals surface area contributed by atoms with Crippen molar-refractivity contribution in [1.82, 2.24) is 10.0 Å². The van der Waals surface area contributed by atoms with Gasteiger partial charge in [0.05, 0.1) is 9.92 Å². The first-order chi connectivity index (χ1) is 13.7. The SMILES string of the molecule is CC(C)CCNC(=O)COc1ccc(S(=O)(=O)N[C@@H](C)c2ccccc2)cc1Cl. The highest BCUT2D eigenvalue weighted by Gasteiger charge is 2.20. The predicted molar refractivity (Wildman–Crippen MR) is 115 cm³/mol. The van der Waals surface area contributed by atoms with Gasteiger partial charge in [-0.2, -0.15) is 0 Å². The molecule has 0 radical (unpaired) electrons. The Bertz CT molecular complexity index is 918. The zero-order chi connectivity index (χ0) is 21.4. The summed E-state index contributed by atoms with van der Waals surface area (Å²) >= 11 is 6.17. The first kappa shape index (κ1) is 23.2. The maximum Gasteiger partial charge on any atom is 0.257 e. The van der Waals surface area contributed by atoms with Crippen LogP contribution in [-0.4, -0.2) is 27.5 Å². The van der Waals surface area contributed by atoms with E-state index in [4.69, 9.17) is 16.3 Å². The van der Waals surface area contributed by atoms with Crippen LogP contribution in [0.15, 0.2) is 53.4 Å². The fraction of sp³-hybridized carbons (Fsp3) is 0.381. The number of ether oxygens (including phenoxy) is 1. The summed E-state index contributed by atoms with van der Waals surface area (Å²) < 4.78 is 33.3. The molecule has 158 valence electrons. The number of hydrogen-bond donors (Lipinski definition) is 2. The molecule has 0 saturated carbocycles. The summed E-state index contributed by atoms with van der Waals surface area (Å²) in [6, 6.07) is 13.0. The van der Waals surface area contributed by atoms with E-state index in [0.717, 1.165) is 12.0 Å². The Balaban J connectivity index is 1.98. The Morgan fingerprint density at radius 2 is 1.79 bits per heavy atom. The van der Waals surface area contributed by atoms with Crippen LogP contribution in [0.4, 0.5) is 0 Å². The van der Waals surface area contributed by atoms with Gasteiger partial charge in [-0.25, -0.2) is 13.1 Å². The molecule has 0 aliphatic rings. The van der Waals surface area contributed by atoms with E-state index in [9.17, 15) is 13.2 Å². The molecule has 6 nitrogen and oxygen atoms in total. The molecule has 2 aromatic carbocycles. The summed E-state index contributed by atoms with van der Waals surface area (Å²) in [5, 5.41) is 2.88. The zero-order valence-corrected chi connectivity index (χ0v) is 18.4. The van der Waals surface area contributed by atoms with Crippen molar-refractivity contribution in [2.45, 2.75) is 38.1 Å². The molecule has 0 heterocycles. The van der Waals surface area contributed by atoms with Gasteiger partial charge in [-0.1, -0.05) is 55.8 Å². The van der Waals surface area contributed by atoms with Crippen molar-refractivity contribution >= 4 is 27.5 Å². The van der Waals surface area contributed by atoms with Gasteiger partial charge in [-0.15, -0.1) is 0 Å². The molecule has 1 amide bonds. The number of carbonyl (C=O) groups is 1. The van der Waals surface area contributed by atoms with Crippen LogP contribution in [0.25, 0.3) is 0 Å². The monoisotopic (exact) mass is 438 g/mol. The van der Waals surface area contributed by atoms with Gasteiger partial charge in [0, 0.05) is 12.6 Å². The van der Waals surface area contributed by atoms with Crippen molar-refractivity contribution < 1.29 is 17.9 Å². The summed E-state index contributed by atoms with van der Waals surface area (Å²) in [5.74, 6) is 0.496. The van der Waals surface area contributed by atoms with Crippen LogP contribution in [0.3, 0.4) is 0 Å². The second-order valence-electron chi connectivity index (χ2n) is 7.17. The molecule has 29 heavy (non-hydrogen) atoms. The maximum absolute atomic E-state index is 12.6. The van der Waals surface area contributed by atoms with Gasteiger partial charge >= 0.3 is 0 Å². The molecule has 2 N–H and O–H groups in total. The predicted octanol–water partition coefficient (Wildman–Crippen LogP) is 3.92. The van der Waals surface area contributed by atoms with Gasteiger partial charge in [-0.3, -0.25) is 4.79 Å². The van der Waals surface area contributed by atoms with Crippen molar-refractivity contribution in [3.63, 3.8) is 0 Å². The fourth-order valence-corrected chi connectivity index (χ4v) is 4.13. The number of rotatable bonds is 10. The average Bonchev–Trinajstić information content (AvgIpc) is 2.67. The molecule has 0 spiro atoms. The number of benzene rings is 2. The average molecular weight is 439 g/mol. The lowest BCUT2D eigenvalue weighted by Crippen LogP contribution is -2.30. The van der Waals surface area contributed by atoms with E-state index < -0.39 is 16.1 Å². The van der Waals surface area contributed by atoms with Crippen molar-refractivity contribution in [3.05, 3.63) is 59.1 Å². The lowest BCUT2D eigenvalue weighted by Gasteiger charge is -2.15. The van der Waals surface area contributed by atoms with E-state index >= 15 is 0 Å². The van der Waals surface area contributed by atoms with E-state index in [1.165, 1.54) is 18.2 Å². The first-order valence-corrected chi connectivity index (χ1v) is 11.3. The molecule has 0 bridgehead atoms. The smallest absolute Gasteiger partial charge is 0.257 e. The molecule has 0 aliphatic carbocycles. The number of halogens is 1. The summed E-state index contributed by atoms with van der Waals surface area (Å²) in [6.07, 6.45) is 0.882. The van der Waals surface area contributed by atoms with Crippen LogP contribution < -0.4 is 14.8 Å². The van der Waals surface area contributed by atoms with Crippen LogP contribution >= 0.6 is 11.6 Å². The van der Waals surface area contributed by atoms with E-state index in [1.54, 1.807) is 6.92 Å². The molecule has 0 saturated heterocycles. The third-order valence-electron chi connectivity index (χ3n) is 4.25. The van der Waals surface area contributed by atoms with E-state index in [-0.39, 0.29) is 28.2 Å². The summed E-state index contributed by atoms with van der Waals surface area (Å²) in [4.78, 5) is 11.8. The minimum absolute atomic E-state index is 0.0269. The Kier molecular flexibility index (Phi) is 8.49. The Labute approximate surface area is 177 Å². The van der Waals surface area contributed by atoms with Crippen molar-refractivity contribution in [2.75, 3.05) is 13.2 Å². The highest BCUT2D eigenvalue weighted by atomic mass is 35.5. The van der Waals surface area contributed by atoms with Crippen molar-refractivity contribution in [2.24, 2.45) is 5.92 Å². The van der Waals surface area contributed by atoms with Crippen LogP contribution in [0.1, 0.15) is 38.8 Å². The molecular weight excluding hydrogens is 412 g/mol. The highest BCUT2D eigenvalue weighted by molar-refractivity contribution is 7.89. The van der Waals surface area contributed by atoms with Crippen molar-refractivity contribution in [1.29, 1.82) is 0 Å². The second kappa shape index (κ2) is 10.6. The summed E-state index contributed by atoms with van der Waals surface area (Å²) in [5.41, 5.74) is 0.852. The Morgan fingerprint density at radius 3 is 2.41 bits per heavy atom. The van der Waals surface area contributed by atoms with E-state index in [2.05, 4.69) is 23.9 Å². The van der Waals surface area contributed by atoms with Gasteiger partial charge in [0.2, 0.25) is 10.0 Å². The summed E-state index contributed by atoms with van der Waals surface area (Å²) in [6.45, 7) is 6.31. The maximum atomic E-state index is 12.6.